The minimum Gasteiger partial charge on any atom is -0.361 e. The van der Waals surface area contributed by atoms with Crippen molar-refractivity contribution < 1.29 is 9.59 Å². The number of rotatable bonds is 2. The summed E-state index contributed by atoms with van der Waals surface area (Å²) in [6, 6.07) is 16.2. The summed E-state index contributed by atoms with van der Waals surface area (Å²) in [5, 5.41) is 1.19. The monoisotopic (exact) mass is 371 g/mol. The molecule has 28 heavy (non-hydrogen) atoms. The van der Waals surface area contributed by atoms with E-state index in [-0.39, 0.29) is 17.7 Å². The van der Waals surface area contributed by atoms with Crippen LogP contribution in [0.5, 0.6) is 0 Å². The van der Waals surface area contributed by atoms with Crippen molar-refractivity contribution >= 4 is 22.7 Å². The Morgan fingerprint density at radius 1 is 1.00 bits per heavy atom. The van der Waals surface area contributed by atoms with Crippen molar-refractivity contribution in [1.82, 2.24) is 14.8 Å². The van der Waals surface area contributed by atoms with Crippen LogP contribution in [0, 0.1) is 5.92 Å². The van der Waals surface area contributed by atoms with Crippen molar-refractivity contribution in [3.8, 4) is 11.1 Å². The first kappa shape index (κ1) is 16.8. The Kier molecular flexibility index (Phi) is 3.83. The van der Waals surface area contributed by atoms with Gasteiger partial charge in [-0.2, -0.15) is 0 Å². The van der Waals surface area contributed by atoms with Crippen molar-refractivity contribution in [3.05, 3.63) is 72.1 Å². The summed E-state index contributed by atoms with van der Waals surface area (Å²) in [6.07, 6.45) is 3.87. The van der Waals surface area contributed by atoms with Crippen LogP contribution in [-0.4, -0.2) is 46.2 Å². The Labute approximate surface area is 163 Å². The number of nitrogens with one attached hydrogen (secondary N) is 1. The minimum absolute atomic E-state index is 0.0163. The second kappa shape index (κ2) is 6.37. The third-order valence-electron chi connectivity index (χ3n) is 5.80. The summed E-state index contributed by atoms with van der Waals surface area (Å²) in [6.45, 7) is 3.61. The molecule has 0 spiro atoms. The molecule has 0 aliphatic carbocycles. The summed E-state index contributed by atoms with van der Waals surface area (Å²) < 4.78 is 0. The quantitative estimate of drug-likeness (QED) is 0.748. The first-order valence-corrected chi connectivity index (χ1v) is 9.53. The maximum Gasteiger partial charge on any atom is 0.257 e. The van der Waals surface area contributed by atoms with Gasteiger partial charge in [0.05, 0.1) is 0 Å². The predicted octanol–water partition coefficient (Wildman–Crippen LogP) is 3.65. The van der Waals surface area contributed by atoms with E-state index < -0.39 is 0 Å². The molecule has 1 aromatic heterocycles. The van der Waals surface area contributed by atoms with Gasteiger partial charge in [0, 0.05) is 56.0 Å². The van der Waals surface area contributed by atoms with Crippen LogP contribution in [0.4, 0.5) is 0 Å². The molecule has 2 aromatic carbocycles. The third-order valence-corrected chi connectivity index (χ3v) is 5.80. The number of hydrogen-bond donors (Lipinski definition) is 1. The van der Waals surface area contributed by atoms with Gasteiger partial charge in [-0.1, -0.05) is 24.3 Å². The van der Waals surface area contributed by atoms with E-state index in [9.17, 15) is 9.59 Å². The fraction of sp³-hybridized carbons (Fsp3) is 0.217. The molecule has 1 unspecified atom stereocenters. The van der Waals surface area contributed by atoms with Crippen molar-refractivity contribution in [1.29, 1.82) is 0 Å². The zero-order valence-corrected chi connectivity index (χ0v) is 15.7. The van der Waals surface area contributed by atoms with Gasteiger partial charge < -0.3 is 14.8 Å². The molecule has 3 aromatic rings. The topological polar surface area (TPSA) is 56.4 Å². The Balaban J connectivity index is 1.33. The predicted molar refractivity (Wildman–Crippen MR) is 109 cm³/mol. The van der Waals surface area contributed by atoms with Gasteiger partial charge in [-0.3, -0.25) is 9.59 Å². The van der Waals surface area contributed by atoms with Crippen LogP contribution >= 0.6 is 0 Å². The highest BCUT2D eigenvalue weighted by molar-refractivity contribution is 5.96. The molecule has 3 heterocycles. The van der Waals surface area contributed by atoms with Crippen molar-refractivity contribution in [2.75, 3.05) is 19.6 Å². The number of hydrogen-bond acceptors (Lipinski definition) is 2. The molecule has 5 rings (SSSR count). The van der Waals surface area contributed by atoms with E-state index in [1.165, 1.54) is 11.0 Å². The number of fused-ring (bicyclic) bond motifs is 2. The van der Waals surface area contributed by atoms with Gasteiger partial charge in [-0.25, -0.2) is 0 Å². The molecule has 1 saturated heterocycles. The largest absolute Gasteiger partial charge is 0.361 e. The lowest BCUT2D eigenvalue weighted by molar-refractivity contribution is -0.127. The smallest absolute Gasteiger partial charge is 0.257 e. The highest BCUT2D eigenvalue weighted by atomic mass is 16.2. The summed E-state index contributed by atoms with van der Waals surface area (Å²) in [5.74, 6) is 0.392. The zero-order valence-electron chi connectivity index (χ0n) is 15.7. The lowest BCUT2D eigenvalue weighted by atomic mass is 10.0. The number of aromatic nitrogens is 1. The maximum absolute atomic E-state index is 12.9. The van der Waals surface area contributed by atoms with Crippen LogP contribution in [0.25, 0.3) is 22.0 Å². The summed E-state index contributed by atoms with van der Waals surface area (Å²) >= 11 is 0. The molecule has 2 amide bonds. The Morgan fingerprint density at radius 2 is 1.79 bits per heavy atom. The maximum atomic E-state index is 12.9. The molecule has 2 aliphatic heterocycles. The number of amides is 2. The van der Waals surface area contributed by atoms with E-state index in [0.717, 1.165) is 16.6 Å². The van der Waals surface area contributed by atoms with Crippen LogP contribution in [-0.2, 0) is 4.79 Å². The Bertz CT molecular complexity index is 1110. The molecule has 0 radical (unpaired) electrons. The van der Waals surface area contributed by atoms with E-state index in [1.54, 1.807) is 11.8 Å². The van der Waals surface area contributed by atoms with E-state index in [4.69, 9.17) is 0 Å². The molecule has 5 nitrogen and oxygen atoms in total. The van der Waals surface area contributed by atoms with Crippen molar-refractivity contribution in [2.45, 2.75) is 6.92 Å². The average Bonchev–Trinajstić information content (AvgIpc) is 3.41. The Hall–Kier alpha value is -3.34. The molecular weight excluding hydrogens is 350 g/mol. The van der Waals surface area contributed by atoms with E-state index in [0.29, 0.717) is 25.2 Å². The summed E-state index contributed by atoms with van der Waals surface area (Å²) in [4.78, 5) is 31.3. The van der Waals surface area contributed by atoms with Crippen LogP contribution < -0.4 is 0 Å². The van der Waals surface area contributed by atoms with Gasteiger partial charge in [0.15, 0.2) is 0 Å². The number of H-pyrrole nitrogens is 1. The van der Waals surface area contributed by atoms with Crippen LogP contribution in [0.3, 0.4) is 0 Å². The van der Waals surface area contributed by atoms with E-state index >= 15 is 0 Å². The standard InChI is InChI=1S/C23H21N3O2/c1-15(27)25-11-20-13-26(14-21(20)12-25)23(28)18-5-2-16(3-6-18)19-7-4-17-8-9-24-22(17)10-19/h2-10,13,21,24H,11-12,14H2,1H3. The molecule has 0 bridgehead atoms. The number of carbonyl (C=O) groups excluding carboxylic acids is 2. The lowest BCUT2D eigenvalue weighted by Gasteiger charge is -2.19. The fourth-order valence-electron chi connectivity index (χ4n) is 4.19. The lowest BCUT2D eigenvalue weighted by Crippen LogP contribution is -2.31. The van der Waals surface area contributed by atoms with Gasteiger partial charge in [0.2, 0.25) is 5.91 Å². The van der Waals surface area contributed by atoms with Gasteiger partial charge in [0.25, 0.3) is 5.91 Å². The number of nitrogens with zero attached hydrogens (tertiary/aromatic N) is 2. The van der Waals surface area contributed by atoms with E-state index in [2.05, 4.69) is 29.2 Å². The molecule has 1 N–H and O–H groups in total. The van der Waals surface area contributed by atoms with Gasteiger partial charge in [-0.15, -0.1) is 0 Å². The number of carbonyl (C=O) groups is 2. The molecule has 5 heteroatoms. The Morgan fingerprint density at radius 3 is 2.54 bits per heavy atom. The fourth-order valence-corrected chi connectivity index (χ4v) is 4.19. The first-order valence-electron chi connectivity index (χ1n) is 9.53. The third kappa shape index (κ3) is 2.80. The van der Waals surface area contributed by atoms with Crippen LogP contribution in [0.1, 0.15) is 17.3 Å². The molecule has 1 atom stereocenters. The number of likely N-dealkylation sites (tertiary alicyclic amines) is 1. The second-order valence-corrected chi connectivity index (χ2v) is 7.62. The van der Waals surface area contributed by atoms with Gasteiger partial charge in [-0.05, 0) is 46.4 Å². The van der Waals surface area contributed by atoms with Crippen LogP contribution in [0.15, 0.2) is 66.5 Å². The molecule has 140 valence electrons. The van der Waals surface area contributed by atoms with E-state index in [1.807, 2.05) is 41.6 Å². The van der Waals surface area contributed by atoms with Crippen molar-refractivity contribution in [2.24, 2.45) is 5.92 Å². The zero-order chi connectivity index (χ0) is 19.3. The normalized spacial score (nSPS) is 18.5. The van der Waals surface area contributed by atoms with Gasteiger partial charge in [0.1, 0.15) is 0 Å². The van der Waals surface area contributed by atoms with Gasteiger partial charge >= 0.3 is 0 Å². The highest BCUT2D eigenvalue weighted by Crippen LogP contribution is 2.31. The summed E-state index contributed by atoms with van der Waals surface area (Å²) in [5.41, 5.74) is 5.18. The van der Waals surface area contributed by atoms with Crippen molar-refractivity contribution in [3.63, 3.8) is 0 Å². The molecule has 0 saturated carbocycles. The number of aromatic amines is 1. The minimum atomic E-state index is 0.0163. The SMILES string of the molecule is CC(=O)N1CC2=CN(C(=O)c3ccc(-c4ccc5cc[nH]c5c4)cc3)CC2C1. The second-order valence-electron chi connectivity index (χ2n) is 7.62. The molecular formula is C23H21N3O2. The highest BCUT2D eigenvalue weighted by Gasteiger charge is 2.36. The molecule has 2 aliphatic rings. The summed E-state index contributed by atoms with van der Waals surface area (Å²) in [7, 11) is 0. The van der Waals surface area contributed by atoms with Crippen LogP contribution in [0.2, 0.25) is 0 Å². The first-order chi connectivity index (χ1) is 13.6. The average molecular weight is 371 g/mol. The molecule has 1 fully saturated rings. The number of benzene rings is 2.